The Morgan fingerprint density at radius 1 is 1.27 bits per heavy atom. The van der Waals surface area contributed by atoms with Crippen LogP contribution in [0.25, 0.3) is 0 Å². The lowest BCUT2D eigenvalue weighted by atomic mass is 10.2. The molecule has 2 rings (SSSR count). The zero-order valence-electron chi connectivity index (χ0n) is 12.7. The average Bonchev–Trinajstić information content (AvgIpc) is 2.94. The second-order valence-electron chi connectivity index (χ2n) is 5.15. The number of aromatic nitrogens is 2. The molecule has 1 aromatic carbocycles. The van der Waals surface area contributed by atoms with Gasteiger partial charge in [-0.3, -0.25) is 10.1 Å². The predicted molar refractivity (Wildman–Crippen MR) is 84.3 cm³/mol. The van der Waals surface area contributed by atoms with Crippen LogP contribution in [0.2, 0.25) is 0 Å². The van der Waals surface area contributed by atoms with Gasteiger partial charge in [0.15, 0.2) is 0 Å². The minimum atomic E-state index is -0.268. The molecule has 0 aliphatic heterocycles. The SMILES string of the molecule is CC(C)c1nnc(NC(=O)CS[C@H](C)c2ccc(F)cc2)o1. The van der Waals surface area contributed by atoms with Crippen molar-refractivity contribution < 1.29 is 13.6 Å². The zero-order valence-corrected chi connectivity index (χ0v) is 13.5. The average molecular weight is 323 g/mol. The monoisotopic (exact) mass is 323 g/mol. The van der Waals surface area contributed by atoms with Gasteiger partial charge in [-0.05, 0) is 24.6 Å². The number of amides is 1. The molecule has 22 heavy (non-hydrogen) atoms. The standard InChI is InChI=1S/C15H18FN3O2S/c1-9(2)14-18-19-15(21-14)17-13(20)8-22-10(3)11-4-6-12(16)7-5-11/h4-7,9-10H,8H2,1-3H3,(H,17,19,20)/t10-/m1/s1. The molecular weight excluding hydrogens is 305 g/mol. The van der Waals surface area contributed by atoms with Crippen LogP contribution in [0.3, 0.4) is 0 Å². The van der Waals surface area contributed by atoms with E-state index in [2.05, 4.69) is 15.5 Å². The maximum Gasteiger partial charge on any atom is 0.322 e. The van der Waals surface area contributed by atoms with Gasteiger partial charge in [0.05, 0.1) is 5.75 Å². The molecule has 0 aliphatic rings. The highest BCUT2D eigenvalue weighted by atomic mass is 32.2. The molecule has 0 fully saturated rings. The van der Waals surface area contributed by atoms with E-state index in [1.807, 2.05) is 20.8 Å². The summed E-state index contributed by atoms with van der Waals surface area (Å²) in [6, 6.07) is 6.38. The molecule has 1 heterocycles. The topological polar surface area (TPSA) is 68.0 Å². The van der Waals surface area contributed by atoms with Crippen molar-refractivity contribution in [1.82, 2.24) is 10.2 Å². The first-order valence-electron chi connectivity index (χ1n) is 6.96. The third-order valence-corrected chi connectivity index (χ3v) is 4.19. The van der Waals surface area contributed by atoms with Crippen molar-refractivity contribution in [1.29, 1.82) is 0 Å². The number of carbonyl (C=O) groups is 1. The summed E-state index contributed by atoms with van der Waals surface area (Å²) in [6.07, 6.45) is 0. The van der Waals surface area contributed by atoms with Gasteiger partial charge < -0.3 is 4.42 Å². The molecule has 0 saturated heterocycles. The quantitative estimate of drug-likeness (QED) is 0.876. The normalized spacial score (nSPS) is 12.4. The Morgan fingerprint density at radius 3 is 2.55 bits per heavy atom. The van der Waals surface area contributed by atoms with Crippen LogP contribution in [0.4, 0.5) is 10.4 Å². The molecule has 5 nitrogen and oxygen atoms in total. The van der Waals surface area contributed by atoms with Gasteiger partial charge in [-0.25, -0.2) is 4.39 Å². The van der Waals surface area contributed by atoms with Crippen molar-refractivity contribution in [3.63, 3.8) is 0 Å². The zero-order chi connectivity index (χ0) is 16.1. The largest absolute Gasteiger partial charge is 0.408 e. The number of nitrogens with zero attached hydrogens (tertiary/aromatic N) is 2. The van der Waals surface area contributed by atoms with Gasteiger partial charge in [-0.1, -0.05) is 31.1 Å². The predicted octanol–water partition coefficient (Wildman–Crippen LogP) is 3.77. The molecule has 0 unspecified atom stereocenters. The number of hydrogen-bond donors (Lipinski definition) is 1. The van der Waals surface area contributed by atoms with E-state index in [1.165, 1.54) is 23.9 Å². The molecule has 2 aromatic rings. The third kappa shape index (κ3) is 4.56. The first kappa shape index (κ1) is 16.5. The molecular formula is C15H18FN3O2S. The molecule has 118 valence electrons. The Balaban J connectivity index is 1.83. The summed E-state index contributed by atoms with van der Waals surface area (Å²) in [4.78, 5) is 11.9. The highest BCUT2D eigenvalue weighted by Gasteiger charge is 2.14. The molecule has 0 saturated carbocycles. The number of anilines is 1. The van der Waals surface area contributed by atoms with Crippen LogP contribution < -0.4 is 5.32 Å². The number of hydrogen-bond acceptors (Lipinski definition) is 5. The Morgan fingerprint density at radius 2 is 1.95 bits per heavy atom. The molecule has 0 bridgehead atoms. The maximum atomic E-state index is 12.9. The van der Waals surface area contributed by atoms with Crippen LogP contribution in [0, 0.1) is 5.82 Å². The third-order valence-electron chi connectivity index (χ3n) is 2.98. The van der Waals surface area contributed by atoms with Gasteiger partial charge >= 0.3 is 6.01 Å². The fourth-order valence-electron chi connectivity index (χ4n) is 1.70. The fourth-order valence-corrected chi connectivity index (χ4v) is 2.53. The lowest BCUT2D eigenvalue weighted by Crippen LogP contribution is -2.15. The summed E-state index contributed by atoms with van der Waals surface area (Å²) in [5.74, 6) is 0.375. The van der Waals surface area contributed by atoms with Crippen molar-refractivity contribution in [2.75, 3.05) is 11.1 Å². The molecule has 7 heteroatoms. The maximum absolute atomic E-state index is 12.9. The Labute approximate surface area is 132 Å². The number of thioether (sulfide) groups is 1. The molecule has 0 spiro atoms. The van der Waals surface area contributed by atoms with Crippen molar-refractivity contribution >= 4 is 23.7 Å². The van der Waals surface area contributed by atoms with Crippen LogP contribution in [0.15, 0.2) is 28.7 Å². The van der Waals surface area contributed by atoms with E-state index in [9.17, 15) is 9.18 Å². The lowest BCUT2D eigenvalue weighted by molar-refractivity contribution is -0.113. The van der Waals surface area contributed by atoms with Gasteiger partial charge in [-0.2, -0.15) is 0 Å². The van der Waals surface area contributed by atoms with Gasteiger partial charge in [0.1, 0.15) is 5.82 Å². The summed E-state index contributed by atoms with van der Waals surface area (Å²) in [5, 5.41) is 10.3. The smallest absolute Gasteiger partial charge is 0.322 e. The van der Waals surface area contributed by atoms with Gasteiger partial charge in [0.25, 0.3) is 0 Å². The van der Waals surface area contributed by atoms with Crippen molar-refractivity contribution in [2.24, 2.45) is 0 Å². The van der Waals surface area contributed by atoms with E-state index in [-0.39, 0.29) is 34.7 Å². The second kappa shape index (κ2) is 7.40. The molecule has 0 aliphatic carbocycles. The highest BCUT2D eigenvalue weighted by molar-refractivity contribution is 8.00. The fraction of sp³-hybridized carbons (Fsp3) is 0.400. The first-order chi connectivity index (χ1) is 10.5. The summed E-state index contributed by atoms with van der Waals surface area (Å²) in [5.41, 5.74) is 0.971. The molecule has 1 N–H and O–H groups in total. The van der Waals surface area contributed by atoms with Crippen molar-refractivity contribution in [2.45, 2.75) is 31.9 Å². The van der Waals surface area contributed by atoms with Crippen LogP contribution in [0.5, 0.6) is 0 Å². The van der Waals surface area contributed by atoms with E-state index in [1.54, 1.807) is 12.1 Å². The summed E-state index contributed by atoms with van der Waals surface area (Å²) in [6.45, 7) is 5.83. The van der Waals surface area contributed by atoms with Crippen molar-refractivity contribution in [3.05, 3.63) is 41.5 Å². The number of halogens is 1. The van der Waals surface area contributed by atoms with Crippen LogP contribution >= 0.6 is 11.8 Å². The van der Waals surface area contributed by atoms with Crippen molar-refractivity contribution in [3.8, 4) is 0 Å². The number of benzene rings is 1. The van der Waals surface area contributed by atoms with Crippen LogP contribution in [-0.4, -0.2) is 21.9 Å². The summed E-state index contributed by atoms with van der Waals surface area (Å²) in [7, 11) is 0. The summed E-state index contributed by atoms with van der Waals surface area (Å²) >= 11 is 1.45. The Kier molecular flexibility index (Phi) is 5.54. The summed E-state index contributed by atoms with van der Waals surface area (Å²) < 4.78 is 18.2. The molecule has 1 atom stereocenters. The van der Waals surface area contributed by atoms with Gasteiger partial charge in [0, 0.05) is 11.2 Å². The molecule has 0 radical (unpaired) electrons. The first-order valence-corrected chi connectivity index (χ1v) is 8.01. The van der Waals surface area contributed by atoms with E-state index >= 15 is 0 Å². The number of nitrogens with one attached hydrogen (secondary N) is 1. The Bertz CT molecular complexity index is 628. The van der Waals surface area contributed by atoms with Gasteiger partial charge in [-0.15, -0.1) is 16.9 Å². The van der Waals surface area contributed by atoms with Gasteiger partial charge in [0.2, 0.25) is 11.8 Å². The number of carbonyl (C=O) groups excluding carboxylic acids is 1. The van der Waals surface area contributed by atoms with E-state index in [4.69, 9.17) is 4.42 Å². The minimum Gasteiger partial charge on any atom is -0.408 e. The number of rotatable bonds is 6. The molecule has 1 aromatic heterocycles. The minimum absolute atomic E-state index is 0.0836. The molecule has 1 amide bonds. The van der Waals surface area contributed by atoms with Crippen LogP contribution in [0.1, 0.15) is 43.4 Å². The highest BCUT2D eigenvalue weighted by Crippen LogP contribution is 2.28. The van der Waals surface area contributed by atoms with E-state index in [0.29, 0.717) is 5.89 Å². The van der Waals surface area contributed by atoms with E-state index in [0.717, 1.165) is 5.56 Å². The Hall–Kier alpha value is -1.89. The lowest BCUT2D eigenvalue weighted by Gasteiger charge is -2.10. The van der Waals surface area contributed by atoms with E-state index < -0.39 is 0 Å². The second-order valence-corrected chi connectivity index (χ2v) is 6.48. The van der Waals surface area contributed by atoms with Crippen LogP contribution in [-0.2, 0) is 4.79 Å².